The Morgan fingerprint density at radius 1 is 0.815 bits per heavy atom. The van der Waals surface area contributed by atoms with Crippen molar-refractivity contribution in [2.45, 2.75) is 18.7 Å². The number of methoxy groups -OCH3 is 1. The zero-order chi connectivity index (χ0) is 19.4. The molecule has 0 aliphatic carbocycles. The highest BCUT2D eigenvalue weighted by atomic mass is 32.2. The van der Waals surface area contributed by atoms with Crippen molar-refractivity contribution < 1.29 is 13.2 Å². The number of aryl methyl sites for hydroxylation is 2. The quantitative estimate of drug-likeness (QED) is 0.639. The Morgan fingerprint density at radius 3 is 2.04 bits per heavy atom. The lowest BCUT2D eigenvalue weighted by Crippen LogP contribution is -2.12. The van der Waals surface area contributed by atoms with E-state index in [0.717, 1.165) is 16.9 Å². The number of anilines is 3. The smallest absolute Gasteiger partial charge is 0.261 e. The molecule has 0 bridgehead atoms. The van der Waals surface area contributed by atoms with Crippen LogP contribution in [0.5, 0.6) is 5.75 Å². The van der Waals surface area contributed by atoms with Gasteiger partial charge in [-0.25, -0.2) is 8.42 Å². The first-order valence-corrected chi connectivity index (χ1v) is 9.97. The summed E-state index contributed by atoms with van der Waals surface area (Å²) in [5.41, 5.74) is 4.76. The molecule has 0 aliphatic heterocycles. The summed E-state index contributed by atoms with van der Waals surface area (Å²) in [5.74, 6) is 0.607. The molecule has 0 spiro atoms. The summed E-state index contributed by atoms with van der Waals surface area (Å²) >= 11 is 0. The van der Waals surface area contributed by atoms with Gasteiger partial charge in [-0.15, -0.1) is 0 Å². The molecule has 0 aliphatic rings. The second-order valence-electron chi connectivity index (χ2n) is 6.30. The summed E-state index contributed by atoms with van der Waals surface area (Å²) in [7, 11) is -2.11. The van der Waals surface area contributed by atoms with E-state index in [1.54, 1.807) is 24.3 Å². The van der Waals surface area contributed by atoms with E-state index in [0.29, 0.717) is 11.4 Å². The number of sulfonamides is 1. The van der Waals surface area contributed by atoms with E-state index < -0.39 is 10.0 Å². The normalized spacial score (nSPS) is 11.1. The number of hydrogen-bond acceptors (Lipinski definition) is 4. The van der Waals surface area contributed by atoms with Crippen LogP contribution in [0.2, 0.25) is 0 Å². The minimum atomic E-state index is -3.65. The number of rotatable bonds is 6. The van der Waals surface area contributed by atoms with Gasteiger partial charge >= 0.3 is 0 Å². The van der Waals surface area contributed by atoms with Crippen LogP contribution in [0.4, 0.5) is 17.1 Å². The second-order valence-corrected chi connectivity index (χ2v) is 7.98. The van der Waals surface area contributed by atoms with Gasteiger partial charge in [0.05, 0.1) is 12.0 Å². The minimum absolute atomic E-state index is 0.181. The van der Waals surface area contributed by atoms with Crippen LogP contribution in [0, 0.1) is 13.8 Å². The molecule has 6 heteroatoms. The Balaban J connectivity index is 1.72. The molecule has 0 atom stereocenters. The standard InChI is InChI=1S/C21H22N2O3S/c1-15-4-13-21(16(2)14-15)22-17-5-7-18(8-6-17)23-27(24,25)20-11-9-19(26-3)10-12-20/h4-14,22-23H,1-3H3. The van der Waals surface area contributed by atoms with Gasteiger partial charge in [0.2, 0.25) is 0 Å². The van der Waals surface area contributed by atoms with Crippen LogP contribution in [0.3, 0.4) is 0 Å². The van der Waals surface area contributed by atoms with Crippen molar-refractivity contribution >= 4 is 27.1 Å². The van der Waals surface area contributed by atoms with Crippen LogP contribution in [-0.4, -0.2) is 15.5 Å². The SMILES string of the molecule is COc1ccc(S(=O)(=O)Nc2ccc(Nc3ccc(C)cc3C)cc2)cc1. The van der Waals surface area contributed by atoms with Crippen molar-refractivity contribution in [2.24, 2.45) is 0 Å². The van der Waals surface area contributed by atoms with E-state index in [1.807, 2.05) is 31.2 Å². The molecule has 3 aromatic rings. The second kappa shape index (κ2) is 7.72. The topological polar surface area (TPSA) is 67.4 Å². The van der Waals surface area contributed by atoms with E-state index >= 15 is 0 Å². The molecular weight excluding hydrogens is 360 g/mol. The number of nitrogens with one attached hydrogen (secondary N) is 2. The molecule has 2 N–H and O–H groups in total. The van der Waals surface area contributed by atoms with E-state index in [9.17, 15) is 8.42 Å². The summed E-state index contributed by atoms with van der Waals surface area (Å²) in [6.45, 7) is 4.10. The molecule has 27 heavy (non-hydrogen) atoms. The highest BCUT2D eigenvalue weighted by molar-refractivity contribution is 7.92. The van der Waals surface area contributed by atoms with Gasteiger partial charge in [-0.05, 0) is 74.0 Å². The summed E-state index contributed by atoms with van der Waals surface area (Å²) < 4.78 is 32.6. The summed E-state index contributed by atoms with van der Waals surface area (Å²) in [4.78, 5) is 0.181. The fourth-order valence-electron chi connectivity index (χ4n) is 2.70. The minimum Gasteiger partial charge on any atom is -0.497 e. The van der Waals surface area contributed by atoms with Gasteiger partial charge in [0, 0.05) is 17.1 Å². The molecule has 0 heterocycles. The highest BCUT2D eigenvalue weighted by Crippen LogP contribution is 2.24. The maximum absolute atomic E-state index is 12.5. The van der Waals surface area contributed by atoms with Crippen molar-refractivity contribution in [3.8, 4) is 5.75 Å². The fraction of sp³-hybridized carbons (Fsp3) is 0.143. The van der Waals surface area contributed by atoms with Crippen LogP contribution in [0.15, 0.2) is 71.6 Å². The number of hydrogen-bond donors (Lipinski definition) is 2. The molecule has 3 rings (SSSR count). The van der Waals surface area contributed by atoms with Crippen LogP contribution >= 0.6 is 0 Å². The first-order valence-electron chi connectivity index (χ1n) is 8.48. The van der Waals surface area contributed by atoms with Crippen molar-refractivity contribution in [1.82, 2.24) is 0 Å². The molecule has 5 nitrogen and oxygen atoms in total. The maximum atomic E-state index is 12.5. The zero-order valence-corrected chi connectivity index (χ0v) is 16.3. The number of benzene rings is 3. The molecule has 0 radical (unpaired) electrons. The lowest BCUT2D eigenvalue weighted by Gasteiger charge is -2.12. The Labute approximate surface area is 160 Å². The first kappa shape index (κ1) is 18.8. The lowest BCUT2D eigenvalue weighted by molar-refractivity contribution is 0.414. The third-order valence-corrected chi connectivity index (χ3v) is 5.56. The molecule has 0 saturated heterocycles. The van der Waals surface area contributed by atoms with Gasteiger partial charge in [0.1, 0.15) is 5.75 Å². The van der Waals surface area contributed by atoms with E-state index in [-0.39, 0.29) is 4.90 Å². The zero-order valence-electron chi connectivity index (χ0n) is 15.5. The average molecular weight is 382 g/mol. The van der Waals surface area contributed by atoms with Gasteiger partial charge in [-0.3, -0.25) is 4.72 Å². The molecule has 0 amide bonds. The Bertz CT molecular complexity index is 1030. The van der Waals surface area contributed by atoms with Crippen molar-refractivity contribution in [3.63, 3.8) is 0 Å². The van der Waals surface area contributed by atoms with Crippen LogP contribution in [0.1, 0.15) is 11.1 Å². The monoisotopic (exact) mass is 382 g/mol. The third-order valence-electron chi connectivity index (χ3n) is 4.17. The predicted octanol–water partition coefficient (Wildman–Crippen LogP) is 4.86. The van der Waals surface area contributed by atoms with Crippen LogP contribution < -0.4 is 14.8 Å². The van der Waals surface area contributed by atoms with Gasteiger partial charge in [0.15, 0.2) is 0 Å². The van der Waals surface area contributed by atoms with Crippen molar-refractivity contribution in [2.75, 3.05) is 17.1 Å². The summed E-state index contributed by atoms with van der Waals surface area (Å²) in [5, 5.41) is 3.34. The fourth-order valence-corrected chi connectivity index (χ4v) is 3.76. The molecule has 140 valence electrons. The first-order chi connectivity index (χ1) is 12.9. The largest absolute Gasteiger partial charge is 0.497 e. The lowest BCUT2D eigenvalue weighted by atomic mass is 10.1. The van der Waals surface area contributed by atoms with E-state index in [2.05, 4.69) is 23.0 Å². The summed E-state index contributed by atoms with van der Waals surface area (Å²) in [6, 6.07) is 19.6. The Kier molecular flexibility index (Phi) is 5.37. The third kappa shape index (κ3) is 4.60. The Morgan fingerprint density at radius 2 is 1.44 bits per heavy atom. The molecule has 3 aromatic carbocycles. The molecule has 0 fully saturated rings. The molecule has 0 unspecified atom stereocenters. The predicted molar refractivity (Wildman–Crippen MR) is 109 cm³/mol. The highest BCUT2D eigenvalue weighted by Gasteiger charge is 2.14. The van der Waals surface area contributed by atoms with Gasteiger partial charge in [0.25, 0.3) is 10.0 Å². The van der Waals surface area contributed by atoms with Crippen molar-refractivity contribution in [1.29, 1.82) is 0 Å². The molecule has 0 aromatic heterocycles. The van der Waals surface area contributed by atoms with E-state index in [1.165, 1.54) is 24.8 Å². The van der Waals surface area contributed by atoms with Crippen LogP contribution in [-0.2, 0) is 10.0 Å². The Hall–Kier alpha value is -2.99. The van der Waals surface area contributed by atoms with Crippen molar-refractivity contribution in [3.05, 3.63) is 77.9 Å². The van der Waals surface area contributed by atoms with Gasteiger partial charge < -0.3 is 10.1 Å². The maximum Gasteiger partial charge on any atom is 0.261 e. The van der Waals surface area contributed by atoms with E-state index in [4.69, 9.17) is 4.74 Å². The van der Waals surface area contributed by atoms with Crippen LogP contribution in [0.25, 0.3) is 0 Å². The molecular formula is C21H22N2O3S. The summed E-state index contributed by atoms with van der Waals surface area (Å²) in [6.07, 6.45) is 0. The number of ether oxygens (including phenoxy) is 1. The van der Waals surface area contributed by atoms with Gasteiger partial charge in [-0.1, -0.05) is 17.7 Å². The average Bonchev–Trinajstić information content (AvgIpc) is 2.65. The molecule has 0 saturated carbocycles. The van der Waals surface area contributed by atoms with Gasteiger partial charge in [-0.2, -0.15) is 0 Å².